The first-order chi connectivity index (χ1) is 7.41. The molecule has 16 heavy (non-hydrogen) atoms. The molecule has 1 atom stereocenters. The molecule has 0 fully saturated rings. The normalized spacial score (nSPS) is 11.9. The number of non-ortho nitro benzene ring substituents is 1. The Morgan fingerprint density at radius 2 is 2.19 bits per heavy atom. The molecule has 0 heterocycles. The van der Waals surface area contributed by atoms with Gasteiger partial charge in [0.2, 0.25) is 5.91 Å². The number of carbonyl (C=O) groups excluding carboxylic acids is 1. The molecule has 1 amide bonds. The van der Waals surface area contributed by atoms with E-state index in [0.29, 0.717) is 0 Å². The molecule has 1 N–H and O–H groups in total. The summed E-state index contributed by atoms with van der Waals surface area (Å²) >= 11 is 11.3. The highest BCUT2D eigenvalue weighted by atomic mass is 35.5. The first-order valence-corrected chi connectivity index (χ1v) is 5.12. The Balaban J connectivity index is 2.99. The van der Waals surface area contributed by atoms with Crippen molar-refractivity contribution in [3.05, 3.63) is 33.3 Å². The first kappa shape index (κ1) is 12.7. The summed E-state index contributed by atoms with van der Waals surface area (Å²) in [5.41, 5.74) is 0.0234. The summed E-state index contributed by atoms with van der Waals surface area (Å²) in [7, 11) is 0. The topological polar surface area (TPSA) is 72.2 Å². The van der Waals surface area contributed by atoms with Gasteiger partial charge in [0, 0.05) is 12.1 Å². The lowest BCUT2D eigenvalue weighted by Gasteiger charge is -2.07. The minimum absolute atomic E-state index is 0.151. The number of hydrogen-bond donors (Lipinski definition) is 1. The molecule has 0 bridgehead atoms. The van der Waals surface area contributed by atoms with E-state index in [4.69, 9.17) is 23.2 Å². The molecule has 0 spiro atoms. The highest BCUT2D eigenvalue weighted by molar-refractivity contribution is 6.35. The summed E-state index contributed by atoms with van der Waals surface area (Å²) < 4.78 is 0. The standard InChI is InChI=1S/C9H8Cl2N2O3/c1-5(10)9(14)12-8-4-6(13(15)16)2-3-7(8)11/h2-5H,1H3,(H,12,14)/t5-/m1/s1. The van der Waals surface area contributed by atoms with E-state index < -0.39 is 16.2 Å². The highest BCUT2D eigenvalue weighted by Gasteiger charge is 2.14. The zero-order valence-electron chi connectivity index (χ0n) is 8.24. The average Bonchev–Trinajstić information content (AvgIpc) is 2.20. The van der Waals surface area contributed by atoms with Crippen LogP contribution >= 0.6 is 23.2 Å². The summed E-state index contributed by atoms with van der Waals surface area (Å²) in [6, 6.07) is 3.77. The van der Waals surface area contributed by atoms with Gasteiger partial charge in [-0.25, -0.2) is 0 Å². The molecule has 0 aliphatic heterocycles. The van der Waals surface area contributed by atoms with Gasteiger partial charge in [0.15, 0.2) is 0 Å². The van der Waals surface area contributed by atoms with E-state index in [1.165, 1.54) is 25.1 Å². The molecule has 5 nitrogen and oxygen atoms in total. The third-order valence-electron chi connectivity index (χ3n) is 1.78. The van der Waals surface area contributed by atoms with Crippen molar-refractivity contribution in [1.29, 1.82) is 0 Å². The Bertz CT molecular complexity index is 435. The fourth-order valence-electron chi connectivity index (χ4n) is 0.955. The Morgan fingerprint density at radius 3 is 2.69 bits per heavy atom. The summed E-state index contributed by atoms with van der Waals surface area (Å²) in [6.45, 7) is 1.49. The lowest BCUT2D eigenvalue weighted by atomic mass is 10.2. The summed E-state index contributed by atoms with van der Waals surface area (Å²) in [5, 5.41) is 12.4. The maximum absolute atomic E-state index is 11.3. The molecule has 1 aromatic carbocycles. The van der Waals surface area contributed by atoms with Gasteiger partial charge in [0.25, 0.3) is 5.69 Å². The number of nitrogens with zero attached hydrogens (tertiary/aromatic N) is 1. The maximum Gasteiger partial charge on any atom is 0.271 e. The zero-order chi connectivity index (χ0) is 12.3. The van der Waals surface area contributed by atoms with Crippen molar-refractivity contribution in [3.8, 4) is 0 Å². The lowest BCUT2D eigenvalue weighted by molar-refractivity contribution is -0.384. The minimum Gasteiger partial charge on any atom is -0.323 e. The SMILES string of the molecule is C[C@@H](Cl)C(=O)Nc1cc([N+](=O)[O-])ccc1Cl. The van der Waals surface area contributed by atoms with Crippen LogP contribution in [0.5, 0.6) is 0 Å². The molecule has 86 valence electrons. The van der Waals surface area contributed by atoms with Gasteiger partial charge in [-0.3, -0.25) is 14.9 Å². The van der Waals surface area contributed by atoms with Gasteiger partial charge in [-0.2, -0.15) is 0 Å². The van der Waals surface area contributed by atoms with Crippen LogP contribution in [0.2, 0.25) is 5.02 Å². The summed E-state index contributed by atoms with van der Waals surface area (Å²) in [5.74, 6) is -0.468. The molecule has 0 radical (unpaired) electrons. The van der Waals surface area contributed by atoms with Gasteiger partial charge in [-0.15, -0.1) is 11.6 Å². The van der Waals surface area contributed by atoms with Crippen molar-refractivity contribution in [2.45, 2.75) is 12.3 Å². The number of nitrogens with one attached hydrogen (secondary N) is 1. The van der Waals surface area contributed by atoms with Gasteiger partial charge >= 0.3 is 0 Å². The van der Waals surface area contributed by atoms with Crippen LogP contribution in [0.1, 0.15) is 6.92 Å². The summed E-state index contributed by atoms with van der Waals surface area (Å²) in [6.07, 6.45) is 0. The van der Waals surface area contributed by atoms with Crippen LogP contribution in [0.15, 0.2) is 18.2 Å². The third-order valence-corrected chi connectivity index (χ3v) is 2.31. The van der Waals surface area contributed by atoms with Crippen molar-refractivity contribution in [2.24, 2.45) is 0 Å². The molecule has 0 saturated carbocycles. The van der Waals surface area contributed by atoms with Gasteiger partial charge < -0.3 is 5.32 Å². The second kappa shape index (κ2) is 5.14. The molecule has 0 unspecified atom stereocenters. The molecular formula is C9H8Cl2N2O3. The molecule has 0 saturated heterocycles. The van der Waals surface area contributed by atoms with Crippen LogP contribution in [-0.2, 0) is 4.79 Å². The van der Waals surface area contributed by atoms with Crippen LogP contribution in [0, 0.1) is 10.1 Å². The lowest BCUT2D eigenvalue weighted by Crippen LogP contribution is -2.20. The Labute approximate surface area is 101 Å². The van der Waals surface area contributed by atoms with Gasteiger partial charge in [0.05, 0.1) is 15.6 Å². The van der Waals surface area contributed by atoms with Crippen LogP contribution in [0.4, 0.5) is 11.4 Å². The number of carbonyl (C=O) groups is 1. The van der Waals surface area contributed by atoms with E-state index in [2.05, 4.69) is 5.32 Å². The van der Waals surface area contributed by atoms with Crippen LogP contribution < -0.4 is 5.32 Å². The molecule has 1 aromatic rings. The van der Waals surface area contributed by atoms with Crippen LogP contribution in [-0.4, -0.2) is 16.2 Å². The molecule has 7 heteroatoms. The van der Waals surface area contributed by atoms with E-state index in [1.54, 1.807) is 0 Å². The molecule has 0 aromatic heterocycles. The Kier molecular flexibility index (Phi) is 4.09. The van der Waals surface area contributed by atoms with Crippen molar-refractivity contribution >= 4 is 40.5 Å². The monoisotopic (exact) mass is 262 g/mol. The second-order valence-electron chi connectivity index (χ2n) is 3.03. The number of halogens is 2. The zero-order valence-corrected chi connectivity index (χ0v) is 9.75. The largest absolute Gasteiger partial charge is 0.323 e. The second-order valence-corrected chi connectivity index (χ2v) is 4.09. The van der Waals surface area contributed by atoms with Gasteiger partial charge in [0.1, 0.15) is 5.38 Å². The molecule has 0 aliphatic rings. The predicted molar refractivity (Wildman–Crippen MR) is 62.1 cm³/mol. The minimum atomic E-state index is -0.740. The van der Waals surface area contributed by atoms with E-state index in [1.807, 2.05) is 0 Å². The molecular weight excluding hydrogens is 255 g/mol. The highest BCUT2D eigenvalue weighted by Crippen LogP contribution is 2.26. The number of amides is 1. The fraction of sp³-hybridized carbons (Fsp3) is 0.222. The first-order valence-electron chi connectivity index (χ1n) is 4.30. The van der Waals surface area contributed by atoms with E-state index in [9.17, 15) is 14.9 Å². The van der Waals surface area contributed by atoms with Crippen molar-refractivity contribution in [1.82, 2.24) is 0 Å². The Hall–Kier alpha value is -1.33. The van der Waals surface area contributed by atoms with Crippen molar-refractivity contribution in [2.75, 3.05) is 5.32 Å². The molecule has 0 aliphatic carbocycles. The van der Waals surface area contributed by atoms with Crippen molar-refractivity contribution < 1.29 is 9.72 Å². The fourth-order valence-corrected chi connectivity index (χ4v) is 1.17. The third kappa shape index (κ3) is 3.08. The smallest absolute Gasteiger partial charge is 0.271 e. The predicted octanol–water partition coefficient (Wildman–Crippen LogP) is 2.81. The number of nitro benzene ring substituents is 1. The van der Waals surface area contributed by atoms with Crippen LogP contribution in [0.3, 0.4) is 0 Å². The van der Waals surface area contributed by atoms with E-state index >= 15 is 0 Å². The number of anilines is 1. The van der Waals surface area contributed by atoms with Crippen molar-refractivity contribution in [3.63, 3.8) is 0 Å². The van der Waals surface area contributed by atoms with E-state index in [-0.39, 0.29) is 16.4 Å². The van der Waals surface area contributed by atoms with Crippen LogP contribution in [0.25, 0.3) is 0 Å². The van der Waals surface area contributed by atoms with Gasteiger partial charge in [-0.05, 0) is 13.0 Å². The number of benzene rings is 1. The Morgan fingerprint density at radius 1 is 1.56 bits per heavy atom. The maximum atomic E-state index is 11.3. The van der Waals surface area contributed by atoms with Gasteiger partial charge in [-0.1, -0.05) is 11.6 Å². The summed E-state index contributed by atoms with van der Waals surface area (Å²) in [4.78, 5) is 21.2. The van der Waals surface area contributed by atoms with E-state index in [0.717, 1.165) is 0 Å². The quantitative estimate of drug-likeness (QED) is 0.517. The number of hydrogen-bond acceptors (Lipinski definition) is 3. The number of nitro groups is 1. The molecule has 1 rings (SSSR count). The number of rotatable bonds is 3. The average molecular weight is 263 g/mol. The number of alkyl halides is 1.